The molecule has 0 aromatic carbocycles. The second kappa shape index (κ2) is 3.56. The first kappa shape index (κ1) is 9.03. The first-order valence-electron chi connectivity index (χ1n) is 4.05. The maximum atomic E-state index is 11.4. The van der Waals surface area contributed by atoms with Crippen molar-refractivity contribution in [3.63, 3.8) is 0 Å². The molecule has 4 nitrogen and oxygen atoms in total. The average Bonchev–Trinajstić information content (AvgIpc) is 2.50. The van der Waals surface area contributed by atoms with Gasteiger partial charge in [0, 0.05) is 27.2 Å². The van der Waals surface area contributed by atoms with Gasteiger partial charge < -0.3 is 9.80 Å². The van der Waals surface area contributed by atoms with Crippen LogP contribution in [0.4, 0.5) is 0 Å². The predicted octanol–water partition coefficient (Wildman–Crippen LogP) is -0.447. The van der Waals surface area contributed by atoms with Crippen LogP contribution in [0.25, 0.3) is 0 Å². The summed E-state index contributed by atoms with van der Waals surface area (Å²) in [6, 6.07) is 0. The fraction of sp³-hybridized carbons (Fsp3) is 0.750. The number of hydrogen-bond donors (Lipinski definition) is 0. The van der Waals surface area contributed by atoms with Gasteiger partial charge in [-0.05, 0) is 6.42 Å². The first-order valence-corrected chi connectivity index (χ1v) is 4.05. The molecule has 68 valence electrons. The topological polar surface area (TPSA) is 40.6 Å². The van der Waals surface area contributed by atoms with Gasteiger partial charge >= 0.3 is 0 Å². The third-order valence-electron chi connectivity index (χ3n) is 2.16. The number of amides is 2. The molecule has 1 unspecified atom stereocenters. The molecule has 12 heavy (non-hydrogen) atoms. The van der Waals surface area contributed by atoms with Crippen molar-refractivity contribution in [1.29, 1.82) is 0 Å². The zero-order valence-corrected chi connectivity index (χ0v) is 7.49. The normalized spacial score (nSPS) is 22.5. The van der Waals surface area contributed by atoms with Gasteiger partial charge in [0.25, 0.3) is 0 Å². The molecule has 0 N–H and O–H groups in total. The van der Waals surface area contributed by atoms with Crippen LogP contribution in [0.3, 0.4) is 0 Å². The van der Waals surface area contributed by atoms with E-state index in [4.69, 9.17) is 0 Å². The smallest absolute Gasteiger partial charge is 0.227 e. The van der Waals surface area contributed by atoms with Crippen molar-refractivity contribution >= 4 is 12.3 Å². The van der Waals surface area contributed by atoms with E-state index in [0.29, 0.717) is 13.1 Å². The second-order valence-corrected chi connectivity index (χ2v) is 3.32. The molecule has 0 aromatic rings. The fourth-order valence-corrected chi connectivity index (χ4v) is 1.45. The van der Waals surface area contributed by atoms with Crippen LogP contribution in [-0.4, -0.2) is 49.3 Å². The van der Waals surface area contributed by atoms with Crippen LogP contribution in [-0.2, 0) is 9.59 Å². The highest BCUT2D eigenvalue weighted by Crippen LogP contribution is 2.15. The zero-order chi connectivity index (χ0) is 9.14. The minimum Gasteiger partial charge on any atom is -0.349 e. The standard InChI is InChI=1S/C8H14N2O2/c1-9(2)8(12)7-3-4-10(5-7)6-11/h6-7H,3-5H2,1-2H3. The molecule has 4 heteroatoms. The highest BCUT2D eigenvalue weighted by Gasteiger charge is 2.28. The monoisotopic (exact) mass is 170 g/mol. The van der Waals surface area contributed by atoms with Gasteiger partial charge in [-0.15, -0.1) is 0 Å². The van der Waals surface area contributed by atoms with E-state index in [1.54, 1.807) is 23.9 Å². The third kappa shape index (κ3) is 1.75. The third-order valence-corrected chi connectivity index (χ3v) is 2.16. The summed E-state index contributed by atoms with van der Waals surface area (Å²) in [5.41, 5.74) is 0. The molecule has 1 fully saturated rings. The van der Waals surface area contributed by atoms with Crippen LogP contribution in [0.1, 0.15) is 6.42 Å². The molecule has 1 heterocycles. The average molecular weight is 170 g/mol. The minimum atomic E-state index is 0.0187. The molecule has 0 aromatic heterocycles. The lowest BCUT2D eigenvalue weighted by atomic mass is 10.1. The molecule has 0 bridgehead atoms. The van der Waals surface area contributed by atoms with E-state index in [9.17, 15) is 9.59 Å². The Morgan fingerprint density at radius 2 is 2.25 bits per heavy atom. The molecule has 1 saturated heterocycles. The Balaban J connectivity index is 2.46. The van der Waals surface area contributed by atoms with E-state index in [-0.39, 0.29) is 11.8 Å². The highest BCUT2D eigenvalue weighted by molar-refractivity contribution is 5.79. The van der Waals surface area contributed by atoms with E-state index in [1.165, 1.54) is 0 Å². The van der Waals surface area contributed by atoms with Gasteiger partial charge in [0.2, 0.25) is 12.3 Å². The Morgan fingerprint density at radius 1 is 1.58 bits per heavy atom. The maximum Gasteiger partial charge on any atom is 0.227 e. The van der Waals surface area contributed by atoms with Crippen molar-refractivity contribution in [3.8, 4) is 0 Å². The van der Waals surface area contributed by atoms with Gasteiger partial charge in [0.05, 0.1) is 5.92 Å². The van der Waals surface area contributed by atoms with Crippen LogP contribution in [0, 0.1) is 5.92 Å². The summed E-state index contributed by atoms with van der Waals surface area (Å²) in [6.07, 6.45) is 1.61. The number of likely N-dealkylation sites (tertiary alicyclic amines) is 1. The SMILES string of the molecule is CN(C)C(=O)C1CCN(C=O)C1. The number of hydrogen-bond acceptors (Lipinski definition) is 2. The molecule has 1 rings (SSSR count). The van der Waals surface area contributed by atoms with Gasteiger partial charge in [-0.25, -0.2) is 0 Å². The molecule has 2 amide bonds. The van der Waals surface area contributed by atoms with Crippen LogP contribution in [0.2, 0.25) is 0 Å². The lowest BCUT2D eigenvalue weighted by Gasteiger charge is -2.15. The summed E-state index contributed by atoms with van der Waals surface area (Å²) in [5.74, 6) is 0.143. The van der Waals surface area contributed by atoms with Crippen LogP contribution >= 0.6 is 0 Å². The Bertz CT molecular complexity index is 191. The maximum absolute atomic E-state index is 11.4. The van der Waals surface area contributed by atoms with Gasteiger partial charge in [-0.1, -0.05) is 0 Å². The number of rotatable bonds is 2. The molecule has 1 aliphatic heterocycles. The second-order valence-electron chi connectivity index (χ2n) is 3.32. The van der Waals surface area contributed by atoms with E-state index in [1.807, 2.05) is 0 Å². The Morgan fingerprint density at radius 3 is 2.67 bits per heavy atom. The van der Waals surface area contributed by atoms with Crippen LogP contribution in [0.5, 0.6) is 0 Å². The molecule has 0 saturated carbocycles. The Labute approximate surface area is 72.1 Å². The van der Waals surface area contributed by atoms with E-state index < -0.39 is 0 Å². The number of carbonyl (C=O) groups is 2. The number of carbonyl (C=O) groups excluding carboxylic acids is 2. The summed E-state index contributed by atoms with van der Waals surface area (Å²) in [6.45, 7) is 1.30. The number of nitrogens with zero attached hydrogens (tertiary/aromatic N) is 2. The molecule has 1 aliphatic rings. The van der Waals surface area contributed by atoms with Crippen molar-refractivity contribution in [2.75, 3.05) is 27.2 Å². The summed E-state index contributed by atoms with van der Waals surface area (Å²) in [7, 11) is 3.48. The van der Waals surface area contributed by atoms with Crippen molar-refractivity contribution in [2.45, 2.75) is 6.42 Å². The molecule has 0 radical (unpaired) electrons. The van der Waals surface area contributed by atoms with Crippen LogP contribution < -0.4 is 0 Å². The Kier molecular flexibility index (Phi) is 2.68. The van der Waals surface area contributed by atoms with Crippen LogP contribution in [0.15, 0.2) is 0 Å². The van der Waals surface area contributed by atoms with E-state index >= 15 is 0 Å². The lowest BCUT2D eigenvalue weighted by molar-refractivity contribution is -0.132. The van der Waals surface area contributed by atoms with Gasteiger partial charge in [-0.3, -0.25) is 9.59 Å². The Hall–Kier alpha value is -1.06. The summed E-state index contributed by atoms with van der Waals surface area (Å²) >= 11 is 0. The van der Waals surface area contributed by atoms with Crippen molar-refractivity contribution in [2.24, 2.45) is 5.92 Å². The van der Waals surface area contributed by atoms with Gasteiger partial charge in [-0.2, -0.15) is 0 Å². The molecule has 1 atom stereocenters. The first-order chi connectivity index (χ1) is 5.65. The lowest BCUT2D eigenvalue weighted by Crippen LogP contribution is -2.31. The van der Waals surface area contributed by atoms with Crippen molar-refractivity contribution < 1.29 is 9.59 Å². The van der Waals surface area contributed by atoms with E-state index in [2.05, 4.69) is 0 Å². The molecular weight excluding hydrogens is 156 g/mol. The van der Waals surface area contributed by atoms with Gasteiger partial charge in [0.1, 0.15) is 0 Å². The van der Waals surface area contributed by atoms with Crippen molar-refractivity contribution in [1.82, 2.24) is 9.80 Å². The highest BCUT2D eigenvalue weighted by atomic mass is 16.2. The molecule has 0 aliphatic carbocycles. The fourth-order valence-electron chi connectivity index (χ4n) is 1.45. The zero-order valence-electron chi connectivity index (χ0n) is 7.49. The van der Waals surface area contributed by atoms with E-state index in [0.717, 1.165) is 12.8 Å². The summed E-state index contributed by atoms with van der Waals surface area (Å²) in [5, 5.41) is 0. The predicted molar refractivity (Wildman–Crippen MR) is 44.4 cm³/mol. The summed E-state index contributed by atoms with van der Waals surface area (Å²) in [4.78, 5) is 25.0. The minimum absolute atomic E-state index is 0.0187. The molecule has 0 spiro atoms. The molecular formula is C8H14N2O2. The quantitative estimate of drug-likeness (QED) is 0.527. The largest absolute Gasteiger partial charge is 0.349 e. The summed E-state index contributed by atoms with van der Waals surface area (Å²) < 4.78 is 0. The van der Waals surface area contributed by atoms with Crippen molar-refractivity contribution in [3.05, 3.63) is 0 Å². The van der Waals surface area contributed by atoms with Gasteiger partial charge in [0.15, 0.2) is 0 Å².